The number of hydrogen-bond donors (Lipinski definition) is 0. The monoisotopic (exact) mass is 289 g/mol. The Morgan fingerprint density at radius 2 is 1.95 bits per heavy atom. The summed E-state index contributed by atoms with van der Waals surface area (Å²) < 4.78 is 0. The van der Waals surface area contributed by atoms with E-state index in [1.165, 1.54) is 25.7 Å². The van der Waals surface area contributed by atoms with Crippen molar-refractivity contribution in [3.63, 3.8) is 0 Å². The van der Waals surface area contributed by atoms with E-state index in [0.717, 1.165) is 30.9 Å². The predicted octanol–water partition coefficient (Wildman–Crippen LogP) is 2.61. The van der Waals surface area contributed by atoms with Crippen molar-refractivity contribution in [1.82, 2.24) is 14.8 Å². The lowest BCUT2D eigenvalue weighted by Crippen LogP contribution is -2.32. The predicted molar refractivity (Wildman–Crippen MR) is 85.0 cm³/mol. The van der Waals surface area contributed by atoms with Gasteiger partial charge in [-0.3, -0.25) is 9.78 Å². The van der Waals surface area contributed by atoms with E-state index in [4.69, 9.17) is 0 Å². The highest BCUT2D eigenvalue weighted by Gasteiger charge is 2.14. The second kappa shape index (κ2) is 8.13. The standard InChI is InChI=1S/C17H27N3O/c1-15-7-8-16(18-13-15)14-19(2)17(21)9-12-20-10-5-3-4-6-11-20/h7-8,13H,3-6,9-12,14H2,1-2H3. The van der Waals surface area contributed by atoms with Crippen molar-refractivity contribution in [3.05, 3.63) is 29.6 Å². The molecule has 1 aromatic heterocycles. The molecular weight excluding hydrogens is 262 g/mol. The summed E-state index contributed by atoms with van der Waals surface area (Å²) in [7, 11) is 1.87. The van der Waals surface area contributed by atoms with Crippen LogP contribution in [-0.2, 0) is 11.3 Å². The van der Waals surface area contributed by atoms with Crippen molar-refractivity contribution < 1.29 is 4.79 Å². The summed E-state index contributed by atoms with van der Waals surface area (Å²) in [6, 6.07) is 4.03. The first-order valence-corrected chi connectivity index (χ1v) is 8.03. The summed E-state index contributed by atoms with van der Waals surface area (Å²) in [5.41, 5.74) is 2.10. The highest BCUT2D eigenvalue weighted by molar-refractivity contribution is 5.76. The molecule has 4 nitrogen and oxygen atoms in total. The SMILES string of the molecule is Cc1ccc(CN(C)C(=O)CCN2CCCCCC2)nc1. The molecule has 1 amide bonds. The number of nitrogens with zero attached hydrogens (tertiary/aromatic N) is 3. The molecule has 0 spiro atoms. The molecule has 1 aliphatic rings. The second-order valence-corrected chi connectivity index (χ2v) is 6.08. The van der Waals surface area contributed by atoms with E-state index in [0.29, 0.717) is 13.0 Å². The minimum Gasteiger partial charge on any atom is -0.340 e. The number of aryl methyl sites for hydroxylation is 1. The van der Waals surface area contributed by atoms with E-state index < -0.39 is 0 Å². The second-order valence-electron chi connectivity index (χ2n) is 6.08. The van der Waals surface area contributed by atoms with Gasteiger partial charge in [0.2, 0.25) is 5.91 Å². The lowest BCUT2D eigenvalue weighted by Gasteiger charge is -2.22. The van der Waals surface area contributed by atoms with Crippen LogP contribution in [0, 0.1) is 6.92 Å². The fourth-order valence-electron chi connectivity index (χ4n) is 2.73. The number of carbonyl (C=O) groups excluding carboxylic acids is 1. The van der Waals surface area contributed by atoms with Crippen LogP contribution in [0.15, 0.2) is 18.3 Å². The molecule has 0 aliphatic carbocycles. The maximum absolute atomic E-state index is 12.2. The van der Waals surface area contributed by atoms with Gasteiger partial charge in [0.25, 0.3) is 0 Å². The molecule has 0 radical (unpaired) electrons. The van der Waals surface area contributed by atoms with Crippen LogP contribution < -0.4 is 0 Å². The average molecular weight is 289 g/mol. The van der Waals surface area contributed by atoms with Gasteiger partial charge in [-0.2, -0.15) is 0 Å². The third kappa shape index (κ3) is 5.46. The highest BCUT2D eigenvalue weighted by Crippen LogP contribution is 2.10. The van der Waals surface area contributed by atoms with Crippen molar-refractivity contribution in [1.29, 1.82) is 0 Å². The minimum atomic E-state index is 0.210. The Morgan fingerprint density at radius 3 is 2.57 bits per heavy atom. The molecule has 0 saturated carbocycles. The van der Waals surface area contributed by atoms with E-state index in [1.54, 1.807) is 4.90 Å². The lowest BCUT2D eigenvalue weighted by molar-refractivity contribution is -0.130. The Balaban J connectivity index is 1.75. The summed E-state index contributed by atoms with van der Waals surface area (Å²) in [6.07, 6.45) is 7.69. The molecule has 1 aliphatic heterocycles. The van der Waals surface area contributed by atoms with Gasteiger partial charge in [0, 0.05) is 26.2 Å². The van der Waals surface area contributed by atoms with E-state index in [9.17, 15) is 4.79 Å². The Hall–Kier alpha value is -1.42. The summed E-state index contributed by atoms with van der Waals surface area (Å²) in [6.45, 7) is 5.81. The van der Waals surface area contributed by atoms with Crippen LogP contribution >= 0.6 is 0 Å². The van der Waals surface area contributed by atoms with Gasteiger partial charge in [-0.05, 0) is 44.5 Å². The first kappa shape index (κ1) is 16.0. The van der Waals surface area contributed by atoms with Crippen molar-refractivity contribution in [2.45, 2.75) is 45.6 Å². The van der Waals surface area contributed by atoms with Crippen LogP contribution in [-0.4, -0.2) is 47.4 Å². The molecule has 0 aromatic carbocycles. The van der Waals surface area contributed by atoms with E-state index >= 15 is 0 Å². The topological polar surface area (TPSA) is 36.4 Å². The van der Waals surface area contributed by atoms with Gasteiger partial charge in [-0.25, -0.2) is 0 Å². The van der Waals surface area contributed by atoms with Crippen molar-refractivity contribution >= 4 is 5.91 Å². The van der Waals surface area contributed by atoms with E-state index in [-0.39, 0.29) is 5.91 Å². The molecule has 1 aromatic rings. The molecule has 1 saturated heterocycles. The zero-order valence-electron chi connectivity index (χ0n) is 13.3. The fourth-order valence-corrected chi connectivity index (χ4v) is 2.73. The molecule has 21 heavy (non-hydrogen) atoms. The Morgan fingerprint density at radius 1 is 1.24 bits per heavy atom. The number of rotatable bonds is 5. The Kier molecular flexibility index (Phi) is 6.18. The van der Waals surface area contributed by atoms with Gasteiger partial charge in [0.1, 0.15) is 0 Å². The summed E-state index contributed by atoms with van der Waals surface area (Å²) >= 11 is 0. The van der Waals surface area contributed by atoms with Gasteiger partial charge < -0.3 is 9.80 Å². The molecule has 0 unspecified atom stereocenters. The Labute approximate surface area is 128 Å². The molecule has 2 heterocycles. The quantitative estimate of drug-likeness (QED) is 0.836. The third-order valence-electron chi connectivity index (χ3n) is 4.14. The van der Waals surface area contributed by atoms with Crippen LogP contribution in [0.4, 0.5) is 0 Å². The largest absolute Gasteiger partial charge is 0.340 e. The fraction of sp³-hybridized carbons (Fsp3) is 0.647. The minimum absolute atomic E-state index is 0.210. The smallest absolute Gasteiger partial charge is 0.223 e. The van der Waals surface area contributed by atoms with E-state index in [2.05, 4.69) is 9.88 Å². The number of carbonyl (C=O) groups is 1. The highest BCUT2D eigenvalue weighted by atomic mass is 16.2. The maximum atomic E-state index is 12.2. The van der Waals surface area contributed by atoms with Gasteiger partial charge in [-0.15, -0.1) is 0 Å². The van der Waals surface area contributed by atoms with E-state index in [1.807, 2.05) is 32.3 Å². The molecule has 116 valence electrons. The van der Waals surface area contributed by atoms with Crippen molar-refractivity contribution in [2.75, 3.05) is 26.7 Å². The molecule has 0 bridgehead atoms. The van der Waals surface area contributed by atoms with Crippen LogP contribution in [0.2, 0.25) is 0 Å². The number of hydrogen-bond acceptors (Lipinski definition) is 3. The van der Waals surface area contributed by atoms with Crippen molar-refractivity contribution in [3.8, 4) is 0 Å². The summed E-state index contributed by atoms with van der Waals surface area (Å²) in [5.74, 6) is 0.210. The molecule has 2 rings (SSSR count). The average Bonchev–Trinajstić information content (AvgIpc) is 2.75. The van der Waals surface area contributed by atoms with Gasteiger partial charge in [0.15, 0.2) is 0 Å². The van der Waals surface area contributed by atoms with Crippen LogP contribution in [0.25, 0.3) is 0 Å². The van der Waals surface area contributed by atoms with Crippen LogP contribution in [0.1, 0.15) is 43.4 Å². The first-order valence-electron chi connectivity index (χ1n) is 8.03. The number of aromatic nitrogens is 1. The molecule has 1 fully saturated rings. The molecule has 4 heteroatoms. The molecule has 0 atom stereocenters. The Bertz CT molecular complexity index is 436. The van der Waals surface area contributed by atoms with Crippen LogP contribution in [0.5, 0.6) is 0 Å². The molecule has 0 N–H and O–H groups in total. The van der Waals surface area contributed by atoms with Gasteiger partial charge in [-0.1, -0.05) is 18.9 Å². The lowest BCUT2D eigenvalue weighted by atomic mass is 10.2. The van der Waals surface area contributed by atoms with Crippen molar-refractivity contribution in [2.24, 2.45) is 0 Å². The van der Waals surface area contributed by atoms with Gasteiger partial charge in [0.05, 0.1) is 12.2 Å². The number of amides is 1. The summed E-state index contributed by atoms with van der Waals surface area (Å²) in [5, 5.41) is 0. The third-order valence-corrected chi connectivity index (χ3v) is 4.14. The number of likely N-dealkylation sites (tertiary alicyclic amines) is 1. The normalized spacial score (nSPS) is 16.5. The summed E-state index contributed by atoms with van der Waals surface area (Å²) in [4.78, 5) is 20.8. The molecular formula is C17H27N3O. The zero-order valence-corrected chi connectivity index (χ0v) is 13.3. The number of pyridine rings is 1. The van der Waals surface area contributed by atoms with Gasteiger partial charge >= 0.3 is 0 Å². The maximum Gasteiger partial charge on any atom is 0.223 e. The zero-order chi connectivity index (χ0) is 15.1. The van der Waals surface area contributed by atoms with Crippen LogP contribution in [0.3, 0.4) is 0 Å². The first-order chi connectivity index (χ1) is 10.1.